The molecule has 20 heavy (non-hydrogen) atoms. The van der Waals surface area contributed by atoms with E-state index in [-0.39, 0.29) is 5.54 Å². The summed E-state index contributed by atoms with van der Waals surface area (Å²) in [5, 5.41) is 3.53. The van der Waals surface area contributed by atoms with E-state index in [1.807, 2.05) is 0 Å². The quantitative estimate of drug-likeness (QED) is 0.922. The van der Waals surface area contributed by atoms with Gasteiger partial charge in [-0.25, -0.2) is 4.98 Å². The lowest BCUT2D eigenvalue weighted by Crippen LogP contribution is -2.37. The summed E-state index contributed by atoms with van der Waals surface area (Å²) in [5.74, 6) is 1.61. The second-order valence-corrected chi connectivity index (χ2v) is 6.93. The van der Waals surface area contributed by atoms with Crippen LogP contribution in [0.15, 0.2) is 18.2 Å². The summed E-state index contributed by atoms with van der Waals surface area (Å²) in [6.07, 6.45) is 1.04. The molecule has 0 saturated carbocycles. The predicted molar refractivity (Wildman–Crippen MR) is 86.3 cm³/mol. The summed E-state index contributed by atoms with van der Waals surface area (Å²) in [4.78, 5) is 4.77. The first-order valence-corrected chi connectivity index (χ1v) is 7.48. The Bertz CT molecular complexity index is 588. The highest BCUT2D eigenvalue weighted by atomic mass is 15.1. The van der Waals surface area contributed by atoms with Crippen LogP contribution >= 0.6 is 0 Å². The minimum absolute atomic E-state index is 0.180. The number of aromatic nitrogens is 2. The maximum absolute atomic E-state index is 4.77. The maximum atomic E-state index is 4.77. The number of hydrogen-bond donors (Lipinski definition) is 1. The molecule has 0 bridgehead atoms. The molecule has 0 amide bonds. The molecule has 2 aromatic rings. The van der Waals surface area contributed by atoms with Crippen LogP contribution in [0.1, 0.15) is 51.9 Å². The molecule has 110 valence electrons. The van der Waals surface area contributed by atoms with Crippen molar-refractivity contribution in [3.05, 3.63) is 29.6 Å². The lowest BCUT2D eigenvalue weighted by atomic mass is 10.1. The number of nitrogens with zero attached hydrogens (tertiary/aromatic N) is 2. The highest BCUT2D eigenvalue weighted by Gasteiger charge is 2.12. The summed E-state index contributed by atoms with van der Waals surface area (Å²) in [6.45, 7) is 12.0. The molecule has 0 aliphatic carbocycles. The summed E-state index contributed by atoms with van der Waals surface area (Å²) >= 11 is 0. The van der Waals surface area contributed by atoms with E-state index in [4.69, 9.17) is 4.98 Å². The normalized spacial score (nSPS) is 12.6. The van der Waals surface area contributed by atoms with Crippen molar-refractivity contribution in [2.45, 2.75) is 52.5 Å². The van der Waals surface area contributed by atoms with Crippen LogP contribution in [0, 0.1) is 0 Å². The zero-order chi connectivity index (χ0) is 14.9. The lowest BCUT2D eigenvalue weighted by Gasteiger charge is -2.20. The molecule has 0 aliphatic heterocycles. The van der Waals surface area contributed by atoms with Gasteiger partial charge in [-0.05, 0) is 51.4 Å². The van der Waals surface area contributed by atoms with Crippen LogP contribution in [-0.4, -0.2) is 21.6 Å². The fraction of sp³-hybridized carbons (Fsp3) is 0.588. The van der Waals surface area contributed by atoms with Crippen molar-refractivity contribution in [1.29, 1.82) is 0 Å². The van der Waals surface area contributed by atoms with Crippen LogP contribution in [0.25, 0.3) is 11.0 Å². The third kappa shape index (κ3) is 3.40. The number of fused-ring (bicyclic) bond motifs is 1. The molecule has 3 nitrogen and oxygen atoms in total. The summed E-state index contributed by atoms with van der Waals surface area (Å²) in [7, 11) is 2.10. The first kappa shape index (κ1) is 15.0. The van der Waals surface area contributed by atoms with E-state index in [1.165, 1.54) is 11.1 Å². The van der Waals surface area contributed by atoms with Crippen LogP contribution < -0.4 is 5.32 Å². The molecule has 1 aromatic carbocycles. The molecule has 3 heteroatoms. The fourth-order valence-corrected chi connectivity index (χ4v) is 2.52. The first-order chi connectivity index (χ1) is 9.28. The minimum atomic E-state index is 0.180. The number of benzene rings is 1. The van der Waals surface area contributed by atoms with Gasteiger partial charge in [0.25, 0.3) is 0 Å². The molecule has 1 aromatic heterocycles. The molecule has 0 spiro atoms. The highest BCUT2D eigenvalue weighted by Crippen LogP contribution is 2.21. The van der Waals surface area contributed by atoms with Gasteiger partial charge in [-0.1, -0.05) is 19.9 Å². The van der Waals surface area contributed by atoms with Gasteiger partial charge in [0.1, 0.15) is 5.82 Å². The summed E-state index contributed by atoms with van der Waals surface area (Å²) < 4.78 is 2.21. The van der Waals surface area contributed by atoms with Gasteiger partial charge in [0, 0.05) is 18.5 Å². The minimum Gasteiger partial charge on any atom is -0.331 e. The van der Waals surface area contributed by atoms with Crippen molar-refractivity contribution in [2.75, 3.05) is 6.54 Å². The van der Waals surface area contributed by atoms with Crippen LogP contribution in [0.5, 0.6) is 0 Å². The second-order valence-electron chi connectivity index (χ2n) is 6.93. The molecular formula is C17H27N3. The van der Waals surface area contributed by atoms with Gasteiger partial charge in [0.15, 0.2) is 0 Å². The SMILES string of the molecule is CC(C)c1nc2cc(CCNC(C)(C)C)ccc2n1C. The van der Waals surface area contributed by atoms with Crippen LogP contribution in [-0.2, 0) is 13.5 Å². The fourth-order valence-electron chi connectivity index (χ4n) is 2.52. The smallest absolute Gasteiger partial charge is 0.112 e. The topological polar surface area (TPSA) is 29.9 Å². The number of imidazole rings is 1. The molecule has 1 heterocycles. The van der Waals surface area contributed by atoms with Gasteiger partial charge in [-0.3, -0.25) is 0 Å². The van der Waals surface area contributed by atoms with Crippen molar-refractivity contribution in [3.63, 3.8) is 0 Å². The van der Waals surface area contributed by atoms with E-state index in [2.05, 4.69) is 69.7 Å². The largest absolute Gasteiger partial charge is 0.331 e. The van der Waals surface area contributed by atoms with Gasteiger partial charge in [0.2, 0.25) is 0 Å². The van der Waals surface area contributed by atoms with Crippen molar-refractivity contribution >= 4 is 11.0 Å². The monoisotopic (exact) mass is 273 g/mol. The number of aryl methyl sites for hydroxylation is 1. The Labute approximate surface area is 122 Å². The molecule has 0 saturated heterocycles. The van der Waals surface area contributed by atoms with Gasteiger partial charge in [0.05, 0.1) is 11.0 Å². The van der Waals surface area contributed by atoms with Gasteiger partial charge in [-0.15, -0.1) is 0 Å². The van der Waals surface area contributed by atoms with Crippen molar-refractivity contribution in [1.82, 2.24) is 14.9 Å². The van der Waals surface area contributed by atoms with E-state index in [0.717, 1.165) is 24.3 Å². The van der Waals surface area contributed by atoms with Gasteiger partial charge >= 0.3 is 0 Å². The van der Waals surface area contributed by atoms with Crippen molar-refractivity contribution < 1.29 is 0 Å². The lowest BCUT2D eigenvalue weighted by molar-refractivity contribution is 0.429. The second kappa shape index (κ2) is 5.57. The molecule has 0 aliphatic rings. The molecule has 0 radical (unpaired) electrons. The maximum Gasteiger partial charge on any atom is 0.112 e. The number of rotatable bonds is 4. The van der Waals surface area contributed by atoms with E-state index in [0.29, 0.717) is 5.92 Å². The van der Waals surface area contributed by atoms with E-state index in [1.54, 1.807) is 0 Å². The molecule has 2 rings (SSSR count). The molecule has 1 N–H and O–H groups in total. The summed E-state index contributed by atoms with van der Waals surface area (Å²) in [5.41, 5.74) is 3.87. The Hall–Kier alpha value is -1.35. The zero-order valence-corrected chi connectivity index (χ0v) is 13.6. The average Bonchev–Trinajstić information content (AvgIpc) is 2.65. The van der Waals surface area contributed by atoms with Crippen molar-refractivity contribution in [3.8, 4) is 0 Å². The molecule has 0 unspecified atom stereocenters. The third-order valence-electron chi connectivity index (χ3n) is 3.57. The van der Waals surface area contributed by atoms with Gasteiger partial charge in [-0.2, -0.15) is 0 Å². The zero-order valence-electron chi connectivity index (χ0n) is 13.6. The Morgan fingerprint density at radius 1 is 1.25 bits per heavy atom. The van der Waals surface area contributed by atoms with E-state index >= 15 is 0 Å². The highest BCUT2D eigenvalue weighted by molar-refractivity contribution is 5.77. The number of hydrogen-bond acceptors (Lipinski definition) is 2. The molecular weight excluding hydrogens is 246 g/mol. The van der Waals surface area contributed by atoms with Crippen LogP contribution in [0.2, 0.25) is 0 Å². The van der Waals surface area contributed by atoms with Crippen LogP contribution in [0.3, 0.4) is 0 Å². The molecule has 0 atom stereocenters. The predicted octanol–water partition coefficient (Wildman–Crippen LogP) is 3.63. The van der Waals surface area contributed by atoms with Gasteiger partial charge < -0.3 is 9.88 Å². The first-order valence-electron chi connectivity index (χ1n) is 7.48. The van der Waals surface area contributed by atoms with E-state index in [9.17, 15) is 0 Å². The Balaban J connectivity index is 2.17. The standard InChI is InChI=1S/C17H27N3/c1-12(2)16-19-14-11-13(7-8-15(14)20(16)6)9-10-18-17(3,4)5/h7-8,11-12,18H,9-10H2,1-6H3. The molecule has 0 fully saturated rings. The Kier molecular flexibility index (Phi) is 4.19. The Morgan fingerprint density at radius 2 is 1.95 bits per heavy atom. The average molecular weight is 273 g/mol. The van der Waals surface area contributed by atoms with Crippen LogP contribution in [0.4, 0.5) is 0 Å². The Morgan fingerprint density at radius 3 is 2.55 bits per heavy atom. The third-order valence-corrected chi connectivity index (χ3v) is 3.57. The van der Waals surface area contributed by atoms with E-state index < -0.39 is 0 Å². The van der Waals surface area contributed by atoms with Crippen molar-refractivity contribution in [2.24, 2.45) is 7.05 Å². The summed E-state index contributed by atoms with van der Waals surface area (Å²) in [6, 6.07) is 6.64. The number of nitrogens with one attached hydrogen (secondary N) is 1.